The summed E-state index contributed by atoms with van der Waals surface area (Å²) in [5, 5.41) is 0. The van der Waals surface area contributed by atoms with Gasteiger partial charge in [0.15, 0.2) is 0 Å². The first-order valence-electron chi connectivity index (χ1n) is 7.23. The van der Waals surface area contributed by atoms with Crippen LogP contribution in [0.15, 0.2) is 16.9 Å². The third kappa shape index (κ3) is 3.71. The van der Waals surface area contributed by atoms with E-state index in [0.717, 1.165) is 30.3 Å². The molecule has 2 aliphatic rings. The highest BCUT2D eigenvalue weighted by molar-refractivity contribution is 9.10. The van der Waals surface area contributed by atoms with Gasteiger partial charge >= 0.3 is 6.01 Å². The van der Waals surface area contributed by atoms with Crippen LogP contribution >= 0.6 is 15.9 Å². The predicted octanol–water partition coefficient (Wildman–Crippen LogP) is 1.65. The van der Waals surface area contributed by atoms with Gasteiger partial charge in [-0.05, 0) is 35.2 Å². The van der Waals surface area contributed by atoms with Crippen LogP contribution < -0.4 is 4.74 Å². The normalized spacial score (nSPS) is 25.9. The van der Waals surface area contributed by atoms with E-state index in [1.165, 1.54) is 0 Å². The summed E-state index contributed by atoms with van der Waals surface area (Å²) in [6, 6.07) is 0.363. The Balaban J connectivity index is 1.57. The average Bonchev–Trinajstić information content (AvgIpc) is 3.03. The Hall–Kier alpha value is -1.21. The zero-order valence-corrected chi connectivity index (χ0v) is 13.3. The van der Waals surface area contributed by atoms with Crippen molar-refractivity contribution in [2.75, 3.05) is 26.3 Å². The summed E-state index contributed by atoms with van der Waals surface area (Å²) in [6.07, 6.45) is 5.97. The number of aromatic nitrogens is 2. The molecule has 2 fully saturated rings. The van der Waals surface area contributed by atoms with Crippen molar-refractivity contribution in [3.05, 3.63) is 16.9 Å². The van der Waals surface area contributed by atoms with E-state index in [0.29, 0.717) is 25.8 Å². The van der Waals surface area contributed by atoms with E-state index in [2.05, 4.69) is 25.9 Å². The minimum Gasteiger partial charge on any atom is -0.458 e. The molecule has 1 aromatic rings. The first kappa shape index (κ1) is 14.7. The van der Waals surface area contributed by atoms with Crippen LogP contribution in [0.5, 0.6) is 6.01 Å². The molecule has 0 bridgehead atoms. The number of carbonyl (C=O) groups excluding carboxylic acids is 1. The molecule has 2 saturated heterocycles. The van der Waals surface area contributed by atoms with E-state index in [1.54, 1.807) is 12.4 Å². The van der Waals surface area contributed by atoms with Crippen molar-refractivity contribution in [3.8, 4) is 6.01 Å². The summed E-state index contributed by atoms with van der Waals surface area (Å²) in [4.78, 5) is 22.5. The fraction of sp³-hybridized carbons (Fsp3) is 0.643. The number of hydrogen-bond acceptors (Lipinski definition) is 5. The Morgan fingerprint density at radius 1 is 1.38 bits per heavy atom. The van der Waals surface area contributed by atoms with Crippen molar-refractivity contribution in [1.82, 2.24) is 14.9 Å². The summed E-state index contributed by atoms with van der Waals surface area (Å²) in [5.74, 6) is 0.213. The molecule has 1 amide bonds. The fourth-order valence-corrected chi connectivity index (χ4v) is 2.94. The number of nitrogens with zero attached hydrogens (tertiary/aromatic N) is 3. The number of piperidine rings is 1. The molecule has 2 unspecified atom stereocenters. The molecular formula is C14H18BrN3O3. The van der Waals surface area contributed by atoms with Crippen molar-refractivity contribution in [1.29, 1.82) is 0 Å². The molecule has 0 aliphatic carbocycles. The molecule has 3 heterocycles. The third-order valence-corrected chi connectivity index (χ3v) is 4.25. The van der Waals surface area contributed by atoms with Crippen LogP contribution in [0.25, 0.3) is 0 Å². The first-order chi connectivity index (χ1) is 10.2. The zero-order valence-electron chi connectivity index (χ0n) is 11.7. The van der Waals surface area contributed by atoms with Gasteiger partial charge in [-0.15, -0.1) is 0 Å². The molecule has 3 rings (SSSR count). The standard InChI is InChI=1S/C14H18BrN3O3/c15-11-6-16-14(17-7-11)21-12-2-1-4-18(8-12)13(19)10-3-5-20-9-10/h6-7,10,12H,1-5,8-9H2. The molecular weight excluding hydrogens is 338 g/mol. The third-order valence-electron chi connectivity index (χ3n) is 3.84. The number of ether oxygens (including phenoxy) is 2. The van der Waals surface area contributed by atoms with Gasteiger partial charge in [-0.25, -0.2) is 9.97 Å². The highest BCUT2D eigenvalue weighted by Gasteiger charge is 2.32. The maximum absolute atomic E-state index is 12.4. The van der Waals surface area contributed by atoms with Gasteiger partial charge in [0.25, 0.3) is 0 Å². The van der Waals surface area contributed by atoms with Crippen LogP contribution in [-0.2, 0) is 9.53 Å². The molecule has 6 nitrogen and oxygen atoms in total. The van der Waals surface area contributed by atoms with Crippen LogP contribution in [0, 0.1) is 5.92 Å². The lowest BCUT2D eigenvalue weighted by atomic mass is 10.0. The highest BCUT2D eigenvalue weighted by atomic mass is 79.9. The minimum atomic E-state index is -0.0359. The SMILES string of the molecule is O=C(C1CCOC1)N1CCCC(Oc2ncc(Br)cn2)C1. The monoisotopic (exact) mass is 355 g/mol. The molecule has 0 aromatic carbocycles. The molecule has 0 N–H and O–H groups in total. The number of hydrogen-bond donors (Lipinski definition) is 0. The molecule has 114 valence electrons. The molecule has 1 aromatic heterocycles. The van der Waals surface area contributed by atoms with Crippen LogP contribution in [0.1, 0.15) is 19.3 Å². The molecule has 2 atom stereocenters. The summed E-state index contributed by atoms with van der Waals surface area (Å²) < 4.78 is 11.9. The van der Waals surface area contributed by atoms with E-state index in [4.69, 9.17) is 9.47 Å². The van der Waals surface area contributed by atoms with E-state index in [9.17, 15) is 4.79 Å². The van der Waals surface area contributed by atoms with E-state index in [1.807, 2.05) is 4.90 Å². The highest BCUT2D eigenvalue weighted by Crippen LogP contribution is 2.21. The largest absolute Gasteiger partial charge is 0.458 e. The van der Waals surface area contributed by atoms with Crippen molar-refractivity contribution in [2.24, 2.45) is 5.92 Å². The van der Waals surface area contributed by atoms with Crippen molar-refractivity contribution < 1.29 is 14.3 Å². The maximum atomic E-state index is 12.4. The Bertz CT molecular complexity index is 491. The molecule has 2 aliphatic heterocycles. The topological polar surface area (TPSA) is 64.5 Å². The van der Waals surface area contributed by atoms with Gasteiger partial charge in [0.05, 0.1) is 23.5 Å². The Morgan fingerprint density at radius 2 is 2.19 bits per heavy atom. The number of halogens is 1. The Labute approximate surface area is 132 Å². The number of likely N-dealkylation sites (tertiary alicyclic amines) is 1. The van der Waals surface area contributed by atoms with Crippen LogP contribution in [0.2, 0.25) is 0 Å². The minimum absolute atomic E-state index is 0.0210. The van der Waals surface area contributed by atoms with Crippen LogP contribution in [-0.4, -0.2) is 53.2 Å². The van der Waals surface area contributed by atoms with Gasteiger partial charge in [0, 0.05) is 25.5 Å². The quantitative estimate of drug-likeness (QED) is 0.824. The van der Waals surface area contributed by atoms with Crippen molar-refractivity contribution >= 4 is 21.8 Å². The van der Waals surface area contributed by atoms with Gasteiger partial charge < -0.3 is 14.4 Å². The average molecular weight is 356 g/mol. The first-order valence-corrected chi connectivity index (χ1v) is 8.02. The maximum Gasteiger partial charge on any atom is 0.316 e. The number of amides is 1. The lowest BCUT2D eigenvalue weighted by Gasteiger charge is -2.33. The van der Waals surface area contributed by atoms with Gasteiger partial charge in [0.2, 0.25) is 5.91 Å². The van der Waals surface area contributed by atoms with Gasteiger partial charge in [-0.3, -0.25) is 4.79 Å². The van der Waals surface area contributed by atoms with Gasteiger partial charge in [0.1, 0.15) is 6.10 Å². The van der Waals surface area contributed by atoms with Gasteiger partial charge in [-0.1, -0.05) is 0 Å². The van der Waals surface area contributed by atoms with E-state index < -0.39 is 0 Å². The van der Waals surface area contributed by atoms with E-state index in [-0.39, 0.29) is 17.9 Å². The Morgan fingerprint density at radius 3 is 2.90 bits per heavy atom. The second-order valence-electron chi connectivity index (χ2n) is 5.41. The summed E-state index contributed by atoms with van der Waals surface area (Å²) in [7, 11) is 0. The number of carbonyl (C=O) groups is 1. The second-order valence-corrected chi connectivity index (χ2v) is 6.33. The predicted molar refractivity (Wildman–Crippen MR) is 78.9 cm³/mol. The zero-order chi connectivity index (χ0) is 14.7. The van der Waals surface area contributed by atoms with Crippen LogP contribution in [0.3, 0.4) is 0 Å². The van der Waals surface area contributed by atoms with Gasteiger partial charge in [-0.2, -0.15) is 0 Å². The van der Waals surface area contributed by atoms with Crippen molar-refractivity contribution in [3.63, 3.8) is 0 Å². The summed E-state index contributed by atoms with van der Waals surface area (Å²) in [6.45, 7) is 2.65. The molecule has 7 heteroatoms. The summed E-state index contributed by atoms with van der Waals surface area (Å²) in [5.41, 5.74) is 0. The lowest BCUT2D eigenvalue weighted by molar-refractivity contribution is -0.138. The molecule has 0 spiro atoms. The summed E-state index contributed by atoms with van der Waals surface area (Å²) >= 11 is 3.29. The smallest absolute Gasteiger partial charge is 0.316 e. The lowest BCUT2D eigenvalue weighted by Crippen LogP contribution is -2.46. The van der Waals surface area contributed by atoms with Crippen molar-refractivity contribution in [2.45, 2.75) is 25.4 Å². The number of rotatable bonds is 3. The fourth-order valence-electron chi connectivity index (χ4n) is 2.73. The van der Waals surface area contributed by atoms with E-state index >= 15 is 0 Å². The molecule has 0 radical (unpaired) electrons. The van der Waals surface area contributed by atoms with Crippen LogP contribution in [0.4, 0.5) is 0 Å². The second kappa shape index (κ2) is 6.70. The molecule has 21 heavy (non-hydrogen) atoms. The molecule has 0 saturated carbocycles. The Kier molecular flexibility index (Phi) is 4.70.